The molecule has 164 valence electrons. The summed E-state index contributed by atoms with van der Waals surface area (Å²) in [5, 5.41) is 2.61. The van der Waals surface area contributed by atoms with Gasteiger partial charge in [-0.1, -0.05) is 6.07 Å². The summed E-state index contributed by atoms with van der Waals surface area (Å²) in [6.07, 6.45) is 1.52. The van der Waals surface area contributed by atoms with Gasteiger partial charge in [0.15, 0.2) is 0 Å². The van der Waals surface area contributed by atoms with E-state index >= 15 is 0 Å². The summed E-state index contributed by atoms with van der Waals surface area (Å²) >= 11 is 0. The molecule has 2 aliphatic rings. The molecule has 2 aromatic carbocycles. The minimum absolute atomic E-state index is 0.0398. The molecule has 2 aromatic rings. The van der Waals surface area contributed by atoms with Crippen LogP contribution in [0.3, 0.4) is 0 Å². The number of nitrogens with one attached hydrogen (secondary N) is 1. The fourth-order valence-electron chi connectivity index (χ4n) is 4.46. The van der Waals surface area contributed by atoms with E-state index in [1.807, 2.05) is 6.92 Å². The molecule has 0 radical (unpaired) electrons. The van der Waals surface area contributed by atoms with Crippen LogP contribution in [-0.4, -0.2) is 43.2 Å². The Balaban J connectivity index is 1.59. The summed E-state index contributed by atoms with van der Waals surface area (Å²) in [5.74, 6) is -1.06. The van der Waals surface area contributed by atoms with Crippen LogP contribution in [0, 0.1) is 5.82 Å². The van der Waals surface area contributed by atoms with Crippen LogP contribution in [0.4, 0.5) is 15.8 Å². The molecule has 1 fully saturated rings. The molecule has 1 saturated heterocycles. The first-order valence-electron chi connectivity index (χ1n) is 10.2. The van der Waals surface area contributed by atoms with Crippen LogP contribution >= 0.6 is 0 Å². The number of hydrogen-bond acceptors (Lipinski definition) is 4. The van der Waals surface area contributed by atoms with E-state index in [4.69, 9.17) is 0 Å². The van der Waals surface area contributed by atoms with Gasteiger partial charge in [-0.05, 0) is 68.1 Å². The number of carbonyl (C=O) groups is 2. The molecule has 2 heterocycles. The molecule has 9 heteroatoms. The first kappa shape index (κ1) is 21.5. The van der Waals surface area contributed by atoms with E-state index in [0.29, 0.717) is 19.3 Å². The lowest BCUT2D eigenvalue weighted by Gasteiger charge is -2.24. The normalized spacial score (nSPS) is 21.2. The van der Waals surface area contributed by atoms with Crippen LogP contribution in [-0.2, 0) is 26.0 Å². The maximum atomic E-state index is 13.4. The fourth-order valence-corrected chi connectivity index (χ4v) is 6.17. The zero-order chi connectivity index (χ0) is 22.3. The van der Waals surface area contributed by atoms with E-state index in [1.165, 1.54) is 35.5 Å². The van der Waals surface area contributed by atoms with Gasteiger partial charge in [-0.3, -0.25) is 9.59 Å². The molecule has 0 aromatic heterocycles. The maximum absolute atomic E-state index is 13.4. The number of sulfonamides is 1. The third kappa shape index (κ3) is 3.95. The van der Waals surface area contributed by atoms with Crippen LogP contribution < -0.4 is 10.2 Å². The average molecular weight is 446 g/mol. The van der Waals surface area contributed by atoms with Gasteiger partial charge in [-0.25, -0.2) is 12.8 Å². The van der Waals surface area contributed by atoms with Crippen molar-refractivity contribution >= 4 is 33.2 Å². The highest BCUT2D eigenvalue weighted by molar-refractivity contribution is 7.89. The lowest BCUT2D eigenvalue weighted by Crippen LogP contribution is -2.43. The molecule has 4 rings (SSSR count). The second kappa shape index (κ2) is 8.05. The molecule has 0 bridgehead atoms. The van der Waals surface area contributed by atoms with Gasteiger partial charge in [0.05, 0.1) is 4.90 Å². The van der Waals surface area contributed by atoms with Crippen molar-refractivity contribution in [3.8, 4) is 0 Å². The van der Waals surface area contributed by atoms with Crippen molar-refractivity contribution in [2.24, 2.45) is 0 Å². The monoisotopic (exact) mass is 445 g/mol. The Morgan fingerprint density at radius 1 is 1.16 bits per heavy atom. The third-order valence-electron chi connectivity index (χ3n) is 5.81. The molecule has 31 heavy (non-hydrogen) atoms. The Kier molecular flexibility index (Phi) is 5.57. The number of hydrogen-bond donors (Lipinski definition) is 1. The summed E-state index contributed by atoms with van der Waals surface area (Å²) in [4.78, 5) is 26.5. The summed E-state index contributed by atoms with van der Waals surface area (Å²) in [7, 11) is -3.92. The van der Waals surface area contributed by atoms with Crippen molar-refractivity contribution in [3.63, 3.8) is 0 Å². The van der Waals surface area contributed by atoms with Crippen LogP contribution in [0.1, 0.15) is 32.3 Å². The topological polar surface area (TPSA) is 86.8 Å². The highest BCUT2D eigenvalue weighted by atomic mass is 32.2. The fraction of sp³-hybridized carbons (Fsp3) is 0.364. The van der Waals surface area contributed by atoms with Gasteiger partial charge in [0, 0.05) is 30.9 Å². The highest BCUT2D eigenvalue weighted by Crippen LogP contribution is 2.35. The van der Waals surface area contributed by atoms with Crippen LogP contribution in [0.15, 0.2) is 47.4 Å². The van der Waals surface area contributed by atoms with E-state index in [-0.39, 0.29) is 29.1 Å². The molecule has 2 atom stereocenters. The Bertz CT molecular complexity index is 1150. The van der Waals surface area contributed by atoms with Gasteiger partial charge < -0.3 is 10.2 Å². The molecule has 1 N–H and O–H groups in total. The number of anilines is 2. The Labute approximate surface area is 180 Å². The number of halogens is 1. The van der Waals surface area contributed by atoms with Gasteiger partial charge in [0.2, 0.25) is 21.8 Å². The number of benzene rings is 2. The van der Waals surface area contributed by atoms with Gasteiger partial charge >= 0.3 is 0 Å². The van der Waals surface area contributed by atoms with Crippen molar-refractivity contribution < 1.29 is 22.4 Å². The zero-order valence-corrected chi connectivity index (χ0v) is 18.2. The SMILES string of the molecule is CC(=O)N1c2ccc(S(=O)(=O)N3CCCC3C(=O)Nc3cccc(F)c3)cc2CC1C. The molecule has 7 nitrogen and oxygen atoms in total. The van der Waals surface area contributed by atoms with Gasteiger partial charge in [0.1, 0.15) is 11.9 Å². The number of carbonyl (C=O) groups excluding carboxylic acids is 2. The zero-order valence-electron chi connectivity index (χ0n) is 17.3. The molecule has 0 aliphatic carbocycles. The Morgan fingerprint density at radius 2 is 1.94 bits per heavy atom. The van der Waals surface area contributed by atoms with Gasteiger partial charge in [-0.2, -0.15) is 4.31 Å². The molecular weight excluding hydrogens is 421 g/mol. The lowest BCUT2D eigenvalue weighted by molar-refractivity contribution is -0.119. The van der Waals surface area contributed by atoms with E-state index in [0.717, 1.165) is 11.3 Å². The van der Waals surface area contributed by atoms with Crippen molar-refractivity contribution in [1.82, 2.24) is 4.31 Å². The van der Waals surface area contributed by atoms with Crippen molar-refractivity contribution in [2.45, 2.75) is 50.1 Å². The Hall–Kier alpha value is -2.78. The molecule has 0 spiro atoms. The van der Waals surface area contributed by atoms with E-state index < -0.39 is 27.8 Å². The molecule has 2 amide bonds. The second-order valence-electron chi connectivity index (χ2n) is 8.01. The summed E-state index contributed by atoms with van der Waals surface area (Å²) in [6, 6.07) is 9.33. The largest absolute Gasteiger partial charge is 0.325 e. The Morgan fingerprint density at radius 3 is 2.65 bits per heavy atom. The molecular formula is C22H24FN3O4S. The van der Waals surface area contributed by atoms with Crippen molar-refractivity contribution in [1.29, 1.82) is 0 Å². The summed E-state index contributed by atoms with van der Waals surface area (Å²) in [6.45, 7) is 3.64. The first-order valence-corrected chi connectivity index (χ1v) is 11.6. The van der Waals surface area contributed by atoms with Gasteiger partial charge in [-0.15, -0.1) is 0 Å². The number of fused-ring (bicyclic) bond motifs is 1. The lowest BCUT2D eigenvalue weighted by atomic mass is 10.1. The number of nitrogens with zero attached hydrogens (tertiary/aromatic N) is 2. The predicted octanol–water partition coefficient (Wildman–Crippen LogP) is 2.92. The predicted molar refractivity (Wildman–Crippen MR) is 115 cm³/mol. The number of amides is 2. The third-order valence-corrected chi connectivity index (χ3v) is 7.72. The molecule has 2 unspecified atom stereocenters. The van der Waals surface area contributed by atoms with Crippen molar-refractivity contribution in [2.75, 3.05) is 16.8 Å². The number of rotatable bonds is 4. The smallest absolute Gasteiger partial charge is 0.243 e. The highest BCUT2D eigenvalue weighted by Gasteiger charge is 2.40. The maximum Gasteiger partial charge on any atom is 0.243 e. The summed E-state index contributed by atoms with van der Waals surface area (Å²) in [5.41, 5.74) is 1.80. The van der Waals surface area contributed by atoms with E-state index in [1.54, 1.807) is 23.1 Å². The van der Waals surface area contributed by atoms with E-state index in [2.05, 4.69) is 5.32 Å². The van der Waals surface area contributed by atoms with E-state index in [9.17, 15) is 22.4 Å². The second-order valence-corrected chi connectivity index (χ2v) is 9.90. The minimum Gasteiger partial charge on any atom is -0.325 e. The average Bonchev–Trinajstić information content (AvgIpc) is 3.31. The standard InChI is InChI=1S/C22H24FN3O4S/c1-14-11-16-12-19(8-9-20(16)26(14)15(2)27)31(29,30)25-10-4-7-21(25)22(28)24-18-6-3-5-17(23)13-18/h3,5-6,8-9,12-14,21H,4,7,10-11H2,1-2H3,(H,24,28). The van der Waals surface area contributed by atoms with Crippen LogP contribution in [0.5, 0.6) is 0 Å². The summed E-state index contributed by atoms with van der Waals surface area (Å²) < 4.78 is 41.3. The van der Waals surface area contributed by atoms with Gasteiger partial charge in [0.25, 0.3) is 0 Å². The molecule has 2 aliphatic heterocycles. The molecule has 0 saturated carbocycles. The minimum atomic E-state index is -3.92. The van der Waals surface area contributed by atoms with Crippen LogP contribution in [0.25, 0.3) is 0 Å². The van der Waals surface area contributed by atoms with Crippen LogP contribution in [0.2, 0.25) is 0 Å². The quantitative estimate of drug-likeness (QED) is 0.784. The van der Waals surface area contributed by atoms with Crippen molar-refractivity contribution in [3.05, 3.63) is 53.8 Å². The first-order chi connectivity index (χ1) is 14.7.